The van der Waals surface area contributed by atoms with Crippen molar-refractivity contribution in [2.45, 2.75) is 37.5 Å². The molecule has 0 radical (unpaired) electrons. The number of fused-ring (bicyclic) bond motifs is 1. The minimum atomic E-state index is -3.73. The Morgan fingerprint density at radius 2 is 1.97 bits per heavy atom. The summed E-state index contributed by atoms with van der Waals surface area (Å²) in [6, 6.07) is 4.37. The van der Waals surface area contributed by atoms with Crippen LogP contribution in [0.15, 0.2) is 34.1 Å². The normalized spacial score (nSPS) is 15.5. The number of rotatable bonds is 8. The monoisotopic (exact) mass is 421 g/mol. The van der Waals surface area contributed by atoms with Crippen molar-refractivity contribution in [2.24, 2.45) is 0 Å². The SMILES string of the molecule is CCCCCCNC(=O)c1c[nH]c2ccc(S(=O)(=O)N3CCOCC3)cc2c1=O. The molecule has 2 N–H and O–H groups in total. The summed E-state index contributed by atoms with van der Waals surface area (Å²) < 4.78 is 32.3. The largest absolute Gasteiger partial charge is 0.379 e. The summed E-state index contributed by atoms with van der Waals surface area (Å²) in [6.07, 6.45) is 5.46. The number of carbonyl (C=O) groups is 1. The minimum absolute atomic E-state index is 0.0195. The smallest absolute Gasteiger partial charge is 0.256 e. The van der Waals surface area contributed by atoms with E-state index in [9.17, 15) is 18.0 Å². The first-order valence-electron chi connectivity index (χ1n) is 9.96. The second-order valence-electron chi connectivity index (χ2n) is 7.07. The van der Waals surface area contributed by atoms with Gasteiger partial charge in [0.25, 0.3) is 5.91 Å². The van der Waals surface area contributed by atoms with Crippen LogP contribution in [0, 0.1) is 0 Å². The van der Waals surface area contributed by atoms with E-state index in [4.69, 9.17) is 4.74 Å². The zero-order valence-electron chi connectivity index (χ0n) is 16.6. The second-order valence-corrected chi connectivity index (χ2v) is 9.01. The van der Waals surface area contributed by atoms with Gasteiger partial charge < -0.3 is 15.0 Å². The Morgan fingerprint density at radius 3 is 2.69 bits per heavy atom. The fraction of sp³-hybridized carbons (Fsp3) is 0.500. The number of unbranched alkanes of at least 4 members (excludes halogenated alkanes) is 3. The maximum absolute atomic E-state index is 12.9. The molecule has 1 aromatic carbocycles. The van der Waals surface area contributed by atoms with Gasteiger partial charge in [-0.05, 0) is 24.6 Å². The predicted molar refractivity (Wildman–Crippen MR) is 111 cm³/mol. The first-order chi connectivity index (χ1) is 13.9. The molecule has 1 saturated heterocycles. The predicted octanol–water partition coefficient (Wildman–Crippen LogP) is 1.86. The highest BCUT2D eigenvalue weighted by molar-refractivity contribution is 7.89. The fourth-order valence-corrected chi connectivity index (χ4v) is 4.75. The topological polar surface area (TPSA) is 109 Å². The first kappa shape index (κ1) is 21.5. The maximum Gasteiger partial charge on any atom is 0.256 e. The average molecular weight is 422 g/mol. The number of ether oxygens (including phenoxy) is 1. The number of carbonyl (C=O) groups excluding carboxylic acids is 1. The van der Waals surface area contributed by atoms with Gasteiger partial charge in [-0.15, -0.1) is 0 Å². The quantitative estimate of drug-likeness (QED) is 0.633. The van der Waals surface area contributed by atoms with Crippen LogP contribution in [0.3, 0.4) is 0 Å². The van der Waals surface area contributed by atoms with Crippen molar-refractivity contribution >= 4 is 26.8 Å². The number of aromatic nitrogens is 1. The number of H-pyrrole nitrogens is 1. The summed E-state index contributed by atoms with van der Waals surface area (Å²) in [5.41, 5.74) is -0.0202. The molecule has 2 heterocycles. The Balaban J connectivity index is 1.85. The van der Waals surface area contributed by atoms with Crippen LogP contribution in [-0.4, -0.2) is 56.5 Å². The number of nitrogens with one attached hydrogen (secondary N) is 2. The van der Waals surface area contributed by atoms with Crippen LogP contribution in [0.2, 0.25) is 0 Å². The molecule has 0 unspecified atom stereocenters. The van der Waals surface area contributed by atoms with E-state index < -0.39 is 21.4 Å². The van der Waals surface area contributed by atoms with E-state index in [-0.39, 0.29) is 28.9 Å². The van der Waals surface area contributed by atoms with Crippen LogP contribution in [-0.2, 0) is 14.8 Å². The lowest BCUT2D eigenvalue weighted by atomic mass is 10.1. The Morgan fingerprint density at radius 1 is 1.21 bits per heavy atom. The van der Waals surface area contributed by atoms with Crippen molar-refractivity contribution < 1.29 is 17.9 Å². The highest BCUT2D eigenvalue weighted by Gasteiger charge is 2.27. The lowest BCUT2D eigenvalue weighted by molar-refractivity contribution is 0.0730. The molecular formula is C20H27N3O5S. The lowest BCUT2D eigenvalue weighted by Crippen LogP contribution is -2.40. The minimum Gasteiger partial charge on any atom is -0.379 e. The molecule has 158 valence electrons. The van der Waals surface area contributed by atoms with Crippen molar-refractivity contribution in [2.75, 3.05) is 32.8 Å². The van der Waals surface area contributed by atoms with Crippen molar-refractivity contribution in [3.05, 3.63) is 40.2 Å². The van der Waals surface area contributed by atoms with Gasteiger partial charge in [0.1, 0.15) is 5.56 Å². The Hall–Kier alpha value is -2.23. The third kappa shape index (κ3) is 4.85. The van der Waals surface area contributed by atoms with Crippen LogP contribution in [0.25, 0.3) is 10.9 Å². The van der Waals surface area contributed by atoms with Crippen LogP contribution in [0.4, 0.5) is 0 Å². The fourth-order valence-electron chi connectivity index (χ4n) is 3.31. The van der Waals surface area contributed by atoms with E-state index in [2.05, 4.69) is 17.2 Å². The van der Waals surface area contributed by atoms with E-state index >= 15 is 0 Å². The highest BCUT2D eigenvalue weighted by Crippen LogP contribution is 2.20. The van der Waals surface area contributed by atoms with Crippen molar-refractivity contribution in [3.63, 3.8) is 0 Å². The van der Waals surface area contributed by atoms with Gasteiger partial charge in [-0.3, -0.25) is 9.59 Å². The molecule has 8 nitrogen and oxygen atoms in total. The molecule has 0 aliphatic carbocycles. The van der Waals surface area contributed by atoms with E-state index in [1.165, 1.54) is 22.6 Å². The molecule has 9 heteroatoms. The number of sulfonamides is 1. The zero-order chi connectivity index (χ0) is 20.9. The van der Waals surface area contributed by atoms with Gasteiger partial charge in [-0.25, -0.2) is 8.42 Å². The van der Waals surface area contributed by atoms with E-state index in [1.807, 2.05) is 0 Å². The number of aromatic amines is 1. The van der Waals surface area contributed by atoms with Gasteiger partial charge in [0.05, 0.1) is 18.1 Å². The Kier molecular flexibility index (Phi) is 7.05. The summed E-state index contributed by atoms with van der Waals surface area (Å²) in [5.74, 6) is -0.453. The van der Waals surface area contributed by atoms with Gasteiger partial charge >= 0.3 is 0 Å². The standard InChI is InChI=1S/C20H27N3O5S/c1-2-3-4-5-8-21-20(25)17-14-22-18-7-6-15(13-16(18)19(17)24)29(26,27)23-9-11-28-12-10-23/h6-7,13-14H,2-5,8-12H2,1H3,(H,21,25)(H,22,24). The van der Waals surface area contributed by atoms with Crippen molar-refractivity contribution in [1.82, 2.24) is 14.6 Å². The van der Waals surface area contributed by atoms with Crippen LogP contribution in [0.1, 0.15) is 43.0 Å². The zero-order valence-corrected chi connectivity index (χ0v) is 17.4. The summed E-state index contributed by atoms with van der Waals surface area (Å²) in [5, 5.41) is 2.94. The van der Waals surface area contributed by atoms with E-state index in [1.54, 1.807) is 6.07 Å². The Labute approximate surface area is 170 Å². The molecule has 1 aliphatic heterocycles. The molecule has 29 heavy (non-hydrogen) atoms. The van der Waals surface area contributed by atoms with Crippen LogP contribution < -0.4 is 10.7 Å². The number of hydrogen-bond acceptors (Lipinski definition) is 5. The molecular weight excluding hydrogens is 394 g/mol. The number of morpholine rings is 1. The second kappa shape index (κ2) is 9.51. The molecule has 2 aromatic rings. The van der Waals surface area contributed by atoms with Crippen LogP contribution in [0.5, 0.6) is 0 Å². The van der Waals surface area contributed by atoms with E-state index in [0.29, 0.717) is 25.3 Å². The summed E-state index contributed by atoms with van der Waals surface area (Å²) in [4.78, 5) is 28.2. The van der Waals surface area contributed by atoms with Gasteiger partial charge in [-0.2, -0.15) is 4.31 Å². The molecule has 0 spiro atoms. The molecule has 1 fully saturated rings. The number of nitrogens with zero attached hydrogens (tertiary/aromatic N) is 1. The number of hydrogen-bond donors (Lipinski definition) is 2. The Bertz CT molecular complexity index is 1030. The molecule has 3 rings (SSSR count). The van der Waals surface area contributed by atoms with Crippen molar-refractivity contribution in [3.8, 4) is 0 Å². The third-order valence-electron chi connectivity index (χ3n) is 5.02. The summed E-state index contributed by atoms with van der Waals surface area (Å²) in [6.45, 7) is 3.85. The molecule has 1 amide bonds. The molecule has 0 atom stereocenters. The molecule has 1 aliphatic rings. The molecule has 0 bridgehead atoms. The molecule has 1 aromatic heterocycles. The van der Waals surface area contributed by atoms with Gasteiger partial charge in [0, 0.05) is 36.7 Å². The van der Waals surface area contributed by atoms with Gasteiger partial charge in [-0.1, -0.05) is 26.2 Å². The average Bonchev–Trinajstić information content (AvgIpc) is 2.74. The van der Waals surface area contributed by atoms with Crippen molar-refractivity contribution in [1.29, 1.82) is 0 Å². The van der Waals surface area contributed by atoms with Gasteiger partial charge in [0.15, 0.2) is 0 Å². The maximum atomic E-state index is 12.9. The number of pyridine rings is 1. The first-order valence-corrected chi connectivity index (χ1v) is 11.4. The number of amides is 1. The van der Waals surface area contributed by atoms with Crippen LogP contribution >= 0.6 is 0 Å². The summed E-state index contributed by atoms with van der Waals surface area (Å²) in [7, 11) is -3.73. The lowest BCUT2D eigenvalue weighted by Gasteiger charge is -2.26. The van der Waals surface area contributed by atoms with Gasteiger partial charge in [0.2, 0.25) is 15.5 Å². The summed E-state index contributed by atoms with van der Waals surface area (Å²) >= 11 is 0. The third-order valence-corrected chi connectivity index (χ3v) is 6.92. The highest BCUT2D eigenvalue weighted by atomic mass is 32.2. The molecule has 0 saturated carbocycles. The van der Waals surface area contributed by atoms with E-state index in [0.717, 1.165) is 25.7 Å². The number of benzene rings is 1.